The Kier molecular flexibility index (Phi) is 3.22. The van der Waals surface area contributed by atoms with E-state index < -0.39 is 0 Å². The van der Waals surface area contributed by atoms with Crippen LogP contribution in [0.15, 0.2) is 18.2 Å². The van der Waals surface area contributed by atoms with Crippen molar-refractivity contribution >= 4 is 5.91 Å². The highest BCUT2D eigenvalue weighted by molar-refractivity contribution is 5.99. The van der Waals surface area contributed by atoms with Crippen LogP contribution in [0.25, 0.3) is 0 Å². The number of hydrogen-bond donors (Lipinski definition) is 2. The smallest absolute Gasteiger partial charge is 0.261 e. The fraction of sp³-hybridized carbons (Fsp3) is 0.462. The molecule has 0 radical (unpaired) electrons. The maximum atomic E-state index is 12.1. The molecule has 4 heteroatoms. The summed E-state index contributed by atoms with van der Waals surface area (Å²) >= 11 is 0. The van der Waals surface area contributed by atoms with Gasteiger partial charge in [0.05, 0.1) is 0 Å². The van der Waals surface area contributed by atoms with Gasteiger partial charge in [-0.25, -0.2) is 0 Å². The van der Waals surface area contributed by atoms with Crippen molar-refractivity contribution in [3.8, 4) is 11.5 Å². The third-order valence-corrected chi connectivity index (χ3v) is 3.34. The van der Waals surface area contributed by atoms with Gasteiger partial charge in [0.25, 0.3) is 5.91 Å². The molecule has 0 spiro atoms. The summed E-state index contributed by atoms with van der Waals surface area (Å²) in [6, 6.07) is 4.32. The van der Waals surface area contributed by atoms with E-state index in [1.807, 2.05) is 0 Å². The van der Waals surface area contributed by atoms with Crippen LogP contribution in [0.4, 0.5) is 0 Å². The van der Waals surface area contributed by atoms with Gasteiger partial charge in [-0.3, -0.25) is 4.79 Å². The van der Waals surface area contributed by atoms with E-state index in [1.165, 1.54) is 24.6 Å². The number of nitrogens with zero attached hydrogens (tertiary/aromatic N) is 1. The SMILES string of the molecule is CN(CC1CCC1)C(=O)c1c(O)cccc1O. The van der Waals surface area contributed by atoms with Gasteiger partial charge in [-0.05, 0) is 30.9 Å². The summed E-state index contributed by atoms with van der Waals surface area (Å²) in [7, 11) is 1.70. The van der Waals surface area contributed by atoms with E-state index in [2.05, 4.69) is 0 Å². The molecule has 2 rings (SSSR count). The van der Waals surface area contributed by atoms with Gasteiger partial charge in [-0.2, -0.15) is 0 Å². The van der Waals surface area contributed by atoms with E-state index in [0.29, 0.717) is 12.5 Å². The highest BCUT2D eigenvalue weighted by atomic mass is 16.3. The molecule has 4 nitrogen and oxygen atoms in total. The second-order valence-corrected chi connectivity index (χ2v) is 4.65. The fourth-order valence-corrected chi connectivity index (χ4v) is 2.08. The molecule has 1 aliphatic carbocycles. The Morgan fingerprint density at radius 1 is 1.35 bits per heavy atom. The molecule has 1 fully saturated rings. The Morgan fingerprint density at radius 2 is 1.94 bits per heavy atom. The van der Waals surface area contributed by atoms with Crippen LogP contribution in [0, 0.1) is 5.92 Å². The number of hydrogen-bond acceptors (Lipinski definition) is 3. The lowest BCUT2D eigenvalue weighted by molar-refractivity contribution is 0.0739. The summed E-state index contributed by atoms with van der Waals surface area (Å²) in [6.07, 6.45) is 3.54. The molecule has 0 atom stereocenters. The summed E-state index contributed by atoms with van der Waals surface area (Å²) in [4.78, 5) is 13.6. The first-order valence-corrected chi connectivity index (χ1v) is 5.86. The normalized spacial score (nSPS) is 15.4. The van der Waals surface area contributed by atoms with E-state index in [4.69, 9.17) is 0 Å². The van der Waals surface area contributed by atoms with Crippen LogP contribution in [-0.2, 0) is 0 Å². The predicted octanol–water partition coefficient (Wildman–Crippen LogP) is 1.97. The first-order valence-electron chi connectivity index (χ1n) is 5.86. The Bertz CT molecular complexity index is 406. The molecule has 0 bridgehead atoms. The summed E-state index contributed by atoms with van der Waals surface area (Å²) in [5.41, 5.74) is -0.00526. The van der Waals surface area contributed by atoms with Crippen molar-refractivity contribution in [1.29, 1.82) is 0 Å². The molecule has 0 saturated heterocycles. The summed E-state index contributed by atoms with van der Waals surface area (Å²) in [6.45, 7) is 0.687. The van der Waals surface area contributed by atoms with Crippen LogP contribution in [0.1, 0.15) is 29.6 Å². The Hall–Kier alpha value is -1.71. The molecule has 0 heterocycles. The molecule has 0 unspecified atom stereocenters. The first-order chi connectivity index (χ1) is 8.09. The minimum Gasteiger partial charge on any atom is -0.507 e. The first kappa shape index (κ1) is 11.8. The van der Waals surface area contributed by atoms with Gasteiger partial charge in [0, 0.05) is 13.6 Å². The van der Waals surface area contributed by atoms with E-state index in [9.17, 15) is 15.0 Å². The van der Waals surface area contributed by atoms with Crippen LogP contribution in [0.3, 0.4) is 0 Å². The molecular weight excluding hydrogens is 218 g/mol. The number of amides is 1. The standard InChI is InChI=1S/C13H17NO3/c1-14(8-9-4-2-5-9)13(17)12-10(15)6-3-7-11(12)16/h3,6-7,9,15-16H,2,4-5,8H2,1H3. The highest BCUT2D eigenvalue weighted by Crippen LogP contribution is 2.30. The van der Waals surface area contributed by atoms with Gasteiger partial charge in [-0.15, -0.1) is 0 Å². The van der Waals surface area contributed by atoms with Crippen LogP contribution in [0.2, 0.25) is 0 Å². The number of benzene rings is 1. The molecule has 92 valence electrons. The molecule has 1 saturated carbocycles. The van der Waals surface area contributed by atoms with Crippen molar-refractivity contribution in [2.75, 3.05) is 13.6 Å². The van der Waals surface area contributed by atoms with Crippen molar-refractivity contribution in [2.24, 2.45) is 5.92 Å². The average molecular weight is 235 g/mol. The number of phenols is 2. The molecule has 1 aliphatic rings. The van der Waals surface area contributed by atoms with Gasteiger partial charge < -0.3 is 15.1 Å². The van der Waals surface area contributed by atoms with Crippen molar-refractivity contribution in [2.45, 2.75) is 19.3 Å². The molecule has 1 aromatic rings. The third-order valence-electron chi connectivity index (χ3n) is 3.34. The highest BCUT2D eigenvalue weighted by Gasteiger charge is 2.24. The molecule has 17 heavy (non-hydrogen) atoms. The van der Waals surface area contributed by atoms with E-state index in [-0.39, 0.29) is 23.0 Å². The van der Waals surface area contributed by atoms with Crippen molar-refractivity contribution in [3.63, 3.8) is 0 Å². The largest absolute Gasteiger partial charge is 0.507 e. The zero-order valence-electron chi connectivity index (χ0n) is 9.89. The molecule has 0 aromatic heterocycles. The van der Waals surface area contributed by atoms with E-state index in [1.54, 1.807) is 11.9 Å². The van der Waals surface area contributed by atoms with Crippen molar-refractivity contribution in [1.82, 2.24) is 4.90 Å². The number of rotatable bonds is 3. The Morgan fingerprint density at radius 3 is 2.41 bits per heavy atom. The number of phenolic OH excluding ortho intramolecular Hbond substituents is 2. The van der Waals surface area contributed by atoms with Gasteiger partial charge in [0.1, 0.15) is 17.1 Å². The summed E-state index contributed by atoms with van der Waals surface area (Å²) in [5, 5.41) is 19.2. The zero-order chi connectivity index (χ0) is 12.4. The summed E-state index contributed by atoms with van der Waals surface area (Å²) < 4.78 is 0. The maximum Gasteiger partial charge on any atom is 0.261 e. The van der Waals surface area contributed by atoms with Crippen molar-refractivity contribution in [3.05, 3.63) is 23.8 Å². The monoisotopic (exact) mass is 235 g/mol. The number of carbonyl (C=O) groups excluding carboxylic acids is 1. The van der Waals surface area contributed by atoms with Crippen LogP contribution < -0.4 is 0 Å². The van der Waals surface area contributed by atoms with Gasteiger partial charge in [-0.1, -0.05) is 12.5 Å². The average Bonchev–Trinajstić information content (AvgIpc) is 2.22. The zero-order valence-corrected chi connectivity index (χ0v) is 9.89. The second-order valence-electron chi connectivity index (χ2n) is 4.65. The van der Waals surface area contributed by atoms with Crippen LogP contribution in [-0.4, -0.2) is 34.6 Å². The Balaban J connectivity index is 2.12. The van der Waals surface area contributed by atoms with Crippen LogP contribution in [0.5, 0.6) is 11.5 Å². The quantitative estimate of drug-likeness (QED) is 0.842. The molecule has 0 aliphatic heterocycles. The number of carbonyl (C=O) groups is 1. The topological polar surface area (TPSA) is 60.8 Å². The lowest BCUT2D eigenvalue weighted by Gasteiger charge is -2.30. The maximum absolute atomic E-state index is 12.1. The molecule has 1 aromatic carbocycles. The lowest BCUT2D eigenvalue weighted by atomic mass is 9.85. The predicted molar refractivity (Wildman–Crippen MR) is 64.1 cm³/mol. The van der Waals surface area contributed by atoms with E-state index >= 15 is 0 Å². The van der Waals surface area contributed by atoms with Gasteiger partial charge >= 0.3 is 0 Å². The van der Waals surface area contributed by atoms with Crippen LogP contribution >= 0.6 is 0 Å². The third kappa shape index (κ3) is 2.35. The van der Waals surface area contributed by atoms with Crippen molar-refractivity contribution < 1.29 is 15.0 Å². The second kappa shape index (κ2) is 4.65. The molecule has 1 amide bonds. The van der Waals surface area contributed by atoms with Gasteiger partial charge in [0.15, 0.2) is 0 Å². The number of aromatic hydroxyl groups is 2. The lowest BCUT2D eigenvalue weighted by Crippen LogP contribution is -2.34. The minimum absolute atomic E-state index is 0.00526. The summed E-state index contributed by atoms with van der Waals surface area (Å²) in [5.74, 6) is -0.102. The van der Waals surface area contributed by atoms with E-state index in [0.717, 1.165) is 12.8 Å². The van der Waals surface area contributed by atoms with Gasteiger partial charge in [0.2, 0.25) is 0 Å². The fourth-order valence-electron chi connectivity index (χ4n) is 2.08. The molecular formula is C13H17NO3. The Labute approximate surface area is 100 Å². The molecule has 2 N–H and O–H groups in total. The minimum atomic E-state index is -0.326.